The van der Waals surface area contributed by atoms with Gasteiger partial charge in [-0.2, -0.15) is 5.26 Å². The number of rotatable bonds is 10. The number of hydrogen-bond donors (Lipinski definition) is 1. The fourth-order valence-electron chi connectivity index (χ4n) is 3.24. The van der Waals surface area contributed by atoms with Crippen LogP contribution in [0.2, 0.25) is 0 Å². The van der Waals surface area contributed by atoms with Gasteiger partial charge in [0.25, 0.3) is 0 Å². The van der Waals surface area contributed by atoms with Crippen molar-refractivity contribution >= 4 is 0 Å². The number of nitrogens with zero attached hydrogens (tertiary/aromatic N) is 2. The van der Waals surface area contributed by atoms with Crippen molar-refractivity contribution < 1.29 is 9.47 Å². The third-order valence-corrected chi connectivity index (χ3v) is 4.59. The summed E-state index contributed by atoms with van der Waals surface area (Å²) >= 11 is 0. The van der Waals surface area contributed by atoms with Gasteiger partial charge in [0, 0.05) is 32.6 Å². The van der Waals surface area contributed by atoms with Crippen molar-refractivity contribution in [3.05, 3.63) is 23.8 Å². The smallest absolute Gasteiger partial charge is 0.161 e. The first kappa shape index (κ1) is 19.6. The molecule has 0 aliphatic carbocycles. The molecule has 1 heterocycles. The number of benzene rings is 1. The largest absolute Gasteiger partial charge is 0.493 e. The Morgan fingerprint density at radius 2 is 2.24 bits per heavy atom. The summed E-state index contributed by atoms with van der Waals surface area (Å²) in [6, 6.07) is 8.18. The predicted octanol–water partition coefficient (Wildman–Crippen LogP) is 3.20. The Hall–Kier alpha value is -1.77. The quantitative estimate of drug-likeness (QED) is 0.660. The van der Waals surface area contributed by atoms with E-state index < -0.39 is 0 Å². The molecule has 5 heteroatoms. The number of nitrogens with one attached hydrogen (secondary N) is 1. The number of methoxy groups -OCH3 is 1. The van der Waals surface area contributed by atoms with Gasteiger partial charge < -0.3 is 19.7 Å². The minimum atomic E-state index is 0.513. The minimum absolute atomic E-state index is 0.513. The highest BCUT2D eigenvalue weighted by molar-refractivity contribution is 5.42. The fraction of sp³-hybridized carbons (Fsp3) is 0.650. The number of nitriles is 1. The molecule has 138 valence electrons. The van der Waals surface area contributed by atoms with Crippen molar-refractivity contribution in [2.45, 2.75) is 39.2 Å². The summed E-state index contributed by atoms with van der Waals surface area (Å²) in [6.07, 6.45) is 3.94. The van der Waals surface area contributed by atoms with E-state index in [-0.39, 0.29) is 0 Å². The molecule has 1 aromatic rings. The summed E-state index contributed by atoms with van der Waals surface area (Å²) in [5.41, 5.74) is 1.18. The maximum atomic E-state index is 8.60. The highest BCUT2D eigenvalue weighted by atomic mass is 16.5. The molecule has 0 bridgehead atoms. The van der Waals surface area contributed by atoms with E-state index in [9.17, 15) is 0 Å². The van der Waals surface area contributed by atoms with Crippen LogP contribution in [0.5, 0.6) is 11.5 Å². The van der Waals surface area contributed by atoms with Gasteiger partial charge in [-0.1, -0.05) is 13.0 Å². The SMILES string of the molecule is COc1ccc(CNCCN2CCCC(C)C2)cc1OCCCC#N. The number of likely N-dealkylation sites (tertiary alicyclic amines) is 1. The molecule has 1 unspecified atom stereocenters. The van der Waals surface area contributed by atoms with E-state index in [1.807, 2.05) is 12.1 Å². The van der Waals surface area contributed by atoms with Crippen LogP contribution in [0.15, 0.2) is 18.2 Å². The van der Waals surface area contributed by atoms with E-state index in [1.54, 1.807) is 7.11 Å². The van der Waals surface area contributed by atoms with E-state index in [4.69, 9.17) is 14.7 Å². The van der Waals surface area contributed by atoms with Crippen LogP contribution >= 0.6 is 0 Å². The molecule has 1 saturated heterocycles. The molecular formula is C20H31N3O2. The lowest BCUT2D eigenvalue weighted by atomic mass is 10.0. The molecule has 1 atom stereocenters. The van der Waals surface area contributed by atoms with Crippen molar-refractivity contribution in [2.24, 2.45) is 5.92 Å². The second kappa shape index (κ2) is 11.0. The zero-order chi connectivity index (χ0) is 17.9. The van der Waals surface area contributed by atoms with Gasteiger partial charge in [0.1, 0.15) is 0 Å². The normalized spacial score (nSPS) is 17.9. The first-order valence-corrected chi connectivity index (χ1v) is 9.32. The van der Waals surface area contributed by atoms with Crippen LogP contribution in [-0.4, -0.2) is 44.8 Å². The van der Waals surface area contributed by atoms with Crippen LogP contribution in [-0.2, 0) is 6.54 Å². The molecule has 1 aliphatic heterocycles. The van der Waals surface area contributed by atoms with Gasteiger partial charge in [0.15, 0.2) is 11.5 Å². The second-order valence-electron chi connectivity index (χ2n) is 6.82. The number of ether oxygens (including phenoxy) is 2. The molecule has 1 N–H and O–H groups in total. The van der Waals surface area contributed by atoms with E-state index in [1.165, 1.54) is 31.5 Å². The van der Waals surface area contributed by atoms with Crippen LogP contribution in [0, 0.1) is 17.2 Å². The average molecular weight is 345 g/mol. The molecule has 25 heavy (non-hydrogen) atoms. The summed E-state index contributed by atoms with van der Waals surface area (Å²) in [6.45, 7) is 8.26. The Bertz CT molecular complexity index is 556. The molecule has 2 rings (SSSR count). The standard InChI is InChI=1S/C20H31N3O2/c1-17-6-5-11-23(16-17)12-10-22-15-18-7-8-19(24-2)20(14-18)25-13-4-3-9-21/h7-8,14,17,22H,3-6,10-13,15-16H2,1-2H3. The van der Waals surface area contributed by atoms with Gasteiger partial charge in [-0.3, -0.25) is 0 Å². The van der Waals surface area contributed by atoms with E-state index in [0.29, 0.717) is 13.0 Å². The van der Waals surface area contributed by atoms with Crippen LogP contribution in [0.25, 0.3) is 0 Å². The molecular weight excluding hydrogens is 314 g/mol. The minimum Gasteiger partial charge on any atom is -0.493 e. The number of hydrogen-bond acceptors (Lipinski definition) is 5. The van der Waals surface area contributed by atoms with Crippen molar-refractivity contribution in [1.82, 2.24) is 10.2 Å². The van der Waals surface area contributed by atoms with Crippen LogP contribution in [0.4, 0.5) is 0 Å². The van der Waals surface area contributed by atoms with Crippen molar-refractivity contribution in [1.29, 1.82) is 5.26 Å². The Morgan fingerprint density at radius 1 is 1.36 bits per heavy atom. The van der Waals surface area contributed by atoms with Crippen molar-refractivity contribution in [3.63, 3.8) is 0 Å². The Labute approximate surface area is 151 Å². The molecule has 0 radical (unpaired) electrons. The number of unbranched alkanes of at least 4 members (excludes halogenated alkanes) is 1. The van der Waals surface area contributed by atoms with Gasteiger partial charge in [-0.05, 0) is 49.4 Å². The summed E-state index contributed by atoms with van der Waals surface area (Å²) in [5.74, 6) is 2.32. The molecule has 0 amide bonds. The Morgan fingerprint density at radius 3 is 3.00 bits per heavy atom. The molecule has 5 nitrogen and oxygen atoms in total. The zero-order valence-corrected chi connectivity index (χ0v) is 15.6. The summed E-state index contributed by atoms with van der Waals surface area (Å²) < 4.78 is 11.1. The molecule has 0 aromatic heterocycles. The summed E-state index contributed by atoms with van der Waals surface area (Å²) in [5, 5.41) is 12.1. The molecule has 1 fully saturated rings. The zero-order valence-electron chi connectivity index (χ0n) is 15.6. The van der Waals surface area contributed by atoms with Gasteiger partial charge in [0.05, 0.1) is 19.8 Å². The summed E-state index contributed by atoms with van der Waals surface area (Å²) in [4.78, 5) is 2.55. The van der Waals surface area contributed by atoms with Gasteiger partial charge in [-0.15, -0.1) is 0 Å². The molecule has 1 aliphatic rings. The fourth-order valence-corrected chi connectivity index (χ4v) is 3.24. The summed E-state index contributed by atoms with van der Waals surface area (Å²) in [7, 11) is 1.65. The Kier molecular flexibility index (Phi) is 8.58. The highest BCUT2D eigenvalue weighted by Gasteiger charge is 2.15. The van der Waals surface area contributed by atoms with Crippen molar-refractivity contribution in [3.8, 4) is 17.6 Å². The van der Waals surface area contributed by atoms with Crippen LogP contribution in [0.1, 0.15) is 38.2 Å². The van der Waals surface area contributed by atoms with Crippen LogP contribution < -0.4 is 14.8 Å². The third kappa shape index (κ3) is 6.93. The first-order valence-electron chi connectivity index (χ1n) is 9.32. The monoisotopic (exact) mass is 345 g/mol. The van der Waals surface area contributed by atoms with E-state index in [2.05, 4.69) is 29.3 Å². The maximum Gasteiger partial charge on any atom is 0.161 e. The van der Waals surface area contributed by atoms with Gasteiger partial charge in [-0.25, -0.2) is 0 Å². The second-order valence-corrected chi connectivity index (χ2v) is 6.82. The molecule has 1 aromatic carbocycles. The lowest BCUT2D eigenvalue weighted by molar-refractivity contribution is 0.184. The van der Waals surface area contributed by atoms with E-state index in [0.717, 1.165) is 43.5 Å². The third-order valence-electron chi connectivity index (χ3n) is 4.59. The first-order chi connectivity index (χ1) is 12.2. The van der Waals surface area contributed by atoms with Gasteiger partial charge >= 0.3 is 0 Å². The average Bonchev–Trinajstić information content (AvgIpc) is 2.63. The van der Waals surface area contributed by atoms with E-state index >= 15 is 0 Å². The van der Waals surface area contributed by atoms with Crippen molar-refractivity contribution in [2.75, 3.05) is 39.9 Å². The predicted molar refractivity (Wildman–Crippen MR) is 99.9 cm³/mol. The maximum absolute atomic E-state index is 8.60. The lowest BCUT2D eigenvalue weighted by Gasteiger charge is -2.30. The highest BCUT2D eigenvalue weighted by Crippen LogP contribution is 2.28. The lowest BCUT2D eigenvalue weighted by Crippen LogP contribution is -2.38. The van der Waals surface area contributed by atoms with Crippen LogP contribution in [0.3, 0.4) is 0 Å². The van der Waals surface area contributed by atoms with Gasteiger partial charge in [0.2, 0.25) is 0 Å². The molecule has 0 saturated carbocycles. The Balaban J connectivity index is 1.76. The molecule has 0 spiro atoms. The number of piperidine rings is 1. The topological polar surface area (TPSA) is 57.5 Å².